The van der Waals surface area contributed by atoms with E-state index in [-0.39, 0.29) is 0 Å². The Bertz CT molecular complexity index is 3250. The van der Waals surface area contributed by atoms with Crippen molar-refractivity contribution in [2.45, 2.75) is 5.41 Å². The maximum absolute atomic E-state index is 2.51. The first-order valence-electron chi connectivity index (χ1n) is 20.2. The van der Waals surface area contributed by atoms with Gasteiger partial charge in [0.1, 0.15) is 0 Å². The van der Waals surface area contributed by atoms with Gasteiger partial charge in [-0.3, -0.25) is 0 Å². The highest BCUT2D eigenvalue weighted by atomic mass is 15.1. The van der Waals surface area contributed by atoms with Crippen LogP contribution in [0, 0.1) is 0 Å². The van der Waals surface area contributed by atoms with Crippen LogP contribution in [0.1, 0.15) is 22.3 Å². The van der Waals surface area contributed by atoms with Gasteiger partial charge >= 0.3 is 0 Å². The van der Waals surface area contributed by atoms with Gasteiger partial charge in [-0.05, 0) is 134 Å². The van der Waals surface area contributed by atoms with Crippen molar-refractivity contribution in [2.24, 2.45) is 0 Å². The van der Waals surface area contributed by atoms with Crippen LogP contribution in [0.3, 0.4) is 0 Å². The normalized spacial score (nSPS) is 13.3. The van der Waals surface area contributed by atoms with Crippen LogP contribution in [-0.2, 0) is 5.41 Å². The molecule has 12 aromatic rings. The summed E-state index contributed by atoms with van der Waals surface area (Å²) in [5.74, 6) is 0. The molecule has 0 saturated heterocycles. The van der Waals surface area contributed by atoms with Crippen molar-refractivity contribution in [3.63, 3.8) is 0 Å². The Morgan fingerprint density at radius 1 is 0.259 bits per heavy atom. The van der Waals surface area contributed by atoms with Crippen LogP contribution in [-0.4, -0.2) is 0 Å². The molecule has 0 aliphatic heterocycles. The van der Waals surface area contributed by atoms with E-state index in [4.69, 9.17) is 0 Å². The Hall–Kier alpha value is -7.48. The molecular formula is C57H35N. The summed E-state index contributed by atoms with van der Waals surface area (Å²) in [7, 11) is 0. The Morgan fingerprint density at radius 3 is 1.14 bits per heavy atom. The van der Waals surface area contributed by atoms with Gasteiger partial charge in [0.2, 0.25) is 0 Å². The third kappa shape index (κ3) is 4.25. The molecule has 0 unspecified atom stereocenters. The van der Waals surface area contributed by atoms with E-state index in [9.17, 15) is 0 Å². The van der Waals surface area contributed by atoms with Gasteiger partial charge in [-0.1, -0.05) is 176 Å². The van der Waals surface area contributed by atoms with Crippen LogP contribution >= 0.6 is 0 Å². The summed E-state index contributed by atoms with van der Waals surface area (Å²) in [6, 6.07) is 79.7. The predicted molar refractivity (Wildman–Crippen MR) is 246 cm³/mol. The molecule has 0 spiro atoms. The average Bonchev–Trinajstić information content (AvgIpc) is 3.58. The summed E-state index contributed by atoms with van der Waals surface area (Å²) in [6.45, 7) is 0. The summed E-state index contributed by atoms with van der Waals surface area (Å²) in [5, 5.41) is 15.4. The van der Waals surface area contributed by atoms with Crippen molar-refractivity contribution in [1.82, 2.24) is 0 Å². The molecule has 268 valence electrons. The molecule has 1 nitrogen and oxygen atoms in total. The van der Waals surface area contributed by atoms with E-state index >= 15 is 0 Å². The molecule has 1 heteroatoms. The molecule has 0 amide bonds. The average molecular weight is 734 g/mol. The van der Waals surface area contributed by atoms with Crippen LogP contribution in [0.5, 0.6) is 0 Å². The van der Waals surface area contributed by atoms with Crippen molar-refractivity contribution in [2.75, 3.05) is 4.90 Å². The first-order chi connectivity index (χ1) is 28.7. The van der Waals surface area contributed by atoms with E-state index in [1.807, 2.05) is 0 Å². The highest BCUT2D eigenvalue weighted by Gasteiger charge is 2.46. The van der Waals surface area contributed by atoms with Crippen LogP contribution < -0.4 is 4.90 Å². The van der Waals surface area contributed by atoms with E-state index in [2.05, 4.69) is 217 Å². The summed E-state index contributed by atoms with van der Waals surface area (Å²) in [5.41, 5.74) is 10.6. The molecular weight excluding hydrogens is 699 g/mol. The van der Waals surface area contributed by atoms with Crippen LogP contribution in [0.25, 0.3) is 75.8 Å². The van der Waals surface area contributed by atoms with E-state index in [0.29, 0.717) is 0 Å². The second kappa shape index (κ2) is 11.8. The molecule has 0 fully saturated rings. The van der Waals surface area contributed by atoms with E-state index in [0.717, 1.165) is 17.1 Å². The summed E-state index contributed by atoms with van der Waals surface area (Å²) < 4.78 is 0. The quantitative estimate of drug-likeness (QED) is 0.159. The zero-order chi connectivity index (χ0) is 38.0. The third-order valence-corrected chi connectivity index (χ3v) is 13.1. The molecule has 0 N–H and O–H groups in total. The standard InChI is InChI=1S/C57H35N/c1-3-15-44(16-4-1)57(45-17-5-2-6-18-45)51-20-8-7-19-49(51)50-30-29-46(35-52(50)57)58(47-31-40-25-21-36-11-9-12-37-22-26-41(32-47)55(40)53(36)37)48-33-42-27-23-38-13-10-14-39-24-28-43(34-48)56(42)54(38)39/h1-35H. The van der Waals surface area contributed by atoms with Gasteiger partial charge in [-0.2, -0.15) is 0 Å². The lowest BCUT2D eigenvalue weighted by atomic mass is 9.67. The van der Waals surface area contributed by atoms with Crippen molar-refractivity contribution < 1.29 is 0 Å². The Balaban J connectivity index is 1.12. The van der Waals surface area contributed by atoms with Crippen molar-refractivity contribution >= 4 is 81.7 Å². The summed E-state index contributed by atoms with van der Waals surface area (Å²) >= 11 is 0. The largest absolute Gasteiger partial charge is 0.310 e. The molecule has 0 atom stereocenters. The van der Waals surface area contributed by atoms with Crippen molar-refractivity contribution in [1.29, 1.82) is 0 Å². The van der Waals surface area contributed by atoms with Crippen LogP contribution in [0.4, 0.5) is 17.1 Å². The van der Waals surface area contributed by atoms with Gasteiger partial charge < -0.3 is 4.90 Å². The highest BCUT2D eigenvalue weighted by Crippen LogP contribution is 2.57. The molecule has 1 aliphatic rings. The van der Waals surface area contributed by atoms with Crippen molar-refractivity contribution in [3.05, 3.63) is 235 Å². The van der Waals surface area contributed by atoms with Gasteiger partial charge in [0.05, 0.1) is 5.41 Å². The first kappa shape index (κ1) is 31.7. The second-order valence-electron chi connectivity index (χ2n) is 16.0. The number of benzene rings is 12. The monoisotopic (exact) mass is 733 g/mol. The fraction of sp³-hybridized carbons (Fsp3) is 0.0175. The van der Waals surface area contributed by atoms with E-state index in [1.165, 1.54) is 98.0 Å². The molecule has 13 rings (SSSR count). The molecule has 0 aromatic heterocycles. The van der Waals surface area contributed by atoms with Gasteiger partial charge in [0.25, 0.3) is 0 Å². The molecule has 0 saturated carbocycles. The maximum Gasteiger partial charge on any atom is 0.0714 e. The molecule has 1 aliphatic carbocycles. The fourth-order valence-corrected chi connectivity index (χ4v) is 10.8. The van der Waals surface area contributed by atoms with Gasteiger partial charge in [0.15, 0.2) is 0 Å². The fourth-order valence-electron chi connectivity index (χ4n) is 10.8. The van der Waals surface area contributed by atoms with Gasteiger partial charge in [0, 0.05) is 17.1 Å². The number of nitrogens with zero attached hydrogens (tertiary/aromatic N) is 1. The third-order valence-electron chi connectivity index (χ3n) is 13.1. The van der Waals surface area contributed by atoms with Gasteiger partial charge in [-0.15, -0.1) is 0 Å². The molecule has 12 aromatic carbocycles. The van der Waals surface area contributed by atoms with Gasteiger partial charge in [-0.25, -0.2) is 0 Å². The molecule has 0 radical (unpaired) electrons. The molecule has 58 heavy (non-hydrogen) atoms. The predicted octanol–water partition coefficient (Wildman–Crippen LogP) is 15.3. The van der Waals surface area contributed by atoms with Crippen LogP contribution in [0.15, 0.2) is 212 Å². The lowest BCUT2D eigenvalue weighted by Gasteiger charge is -2.35. The number of anilines is 3. The topological polar surface area (TPSA) is 3.24 Å². The first-order valence-corrected chi connectivity index (χ1v) is 20.2. The molecule has 0 heterocycles. The lowest BCUT2D eigenvalue weighted by Crippen LogP contribution is -2.28. The van der Waals surface area contributed by atoms with E-state index in [1.54, 1.807) is 0 Å². The highest BCUT2D eigenvalue weighted by molar-refractivity contribution is 6.25. The zero-order valence-electron chi connectivity index (χ0n) is 31.7. The number of hydrogen-bond acceptors (Lipinski definition) is 1. The minimum Gasteiger partial charge on any atom is -0.310 e. The maximum atomic E-state index is 2.51. The lowest BCUT2D eigenvalue weighted by molar-refractivity contribution is 0.768. The minimum atomic E-state index is -0.503. The minimum absolute atomic E-state index is 0.503. The Kier molecular flexibility index (Phi) is 6.43. The SMILES string of the molecule is c1ccc(C2(c3ccccc3)c3ccccc3-c3ccc(N(c4cc5ccc6cccc7ccc(c4)c5c67)c4cc5ccc6cccc7ccc(c4)c5c67)cc32)cc1. The molecule has 0 bridgehead atoms. The Morgan fingerprint density at radius 2 is 0.655 bits per heavy atom. The number of rotatable bonds is 5. The second-order valence-corrected chi connectivity index (χ2v) is 16.0. The summed E-state index contributed by atoms with van der Waals surface area (Å²) in [6.07, 6.45) is 0. The number of hydrogen-bond donors (Lipinski definition) is 0. The van der Waals surface area contributed by atoms with Crippen molar-refractivity contribution in [3.8, 4) is 11.1 Å². The zero-order valence-corrected chi connectivity index (χ0v) is 31.7. The van der Waals surface area contributed by atoms with Crippen LogP contribution in [0.2, 0.25) is 0 Å². The Labute approximate surface area is 336 Å². The number of fused-ring (bicyclic) bond motifs is 3. The smallest absolute Gasteiger partial charge is 0.0714 e. The summed E-state index contributed by atoms with van der Waals surface area (Å²) in [4.78, 5) is 2.51. The van der Waals surface area contributed by atoms with E-state index < -0.39 is 5.41 Å².